The summed E-state index contributed by atoms with van der Waals surface area (Å²) in [7, 11) is 0. The normalized spacial score (nSPS) is 24.8. The Bertz CT molecular complexity index is 381. The molecule has 1 fully saturated rings. The Morgan fingerprint density at radius 1 is 1.62 bits per heavy atom. The molecular formula is C9H12N2O4S. The van der Waals surface area contributed by atoms with Crippen LogP contribution in [0.2, 0.25) is 0 Å². The Labute approximate surface area is 96.4 Å². The Morgan fingerprint density at radius 2 is 2.44 bits per heavy atom. The van der Waals surface area contributed by atoms with E-state index in [-0.39, 0.29) is 17.1 Å². The minimum Gasteiger partial charge on any atom is -0.481 e. The summed E-state index contributed by atoms with van der Waals surface area (Å²) in [5.74, 6) is -0.186. The standard InChI is InChI=1S/C9H12N2O4S/c1-5-2-3-14-7(5)8-10-11-9(15-8)16-4-6(12)13/h5,7H,2-4H2,1H3,(H,12,13). The monoisotopic (exact) mass is 244 g/mol. The number of ether oxygens (including phenoxy) is 1. The number of carbonyl (C=O) groups is 1. The van der Waals surface area contributed by atoms with E-state index in [0.717, 1.165) is 18.2 Å². The van der Waals surface area contributed by atoms with Gasteiger partial charge in [0.25, 0.3) is 5.22 Å². The maximum Gasteiger partial charge on any atom is 0.314 e. The molecule has 0 aromatic carbocycles. The summed E-state index contributed by atoms with van der Waals surface area (Å²) < 4.78 is 10.8. The highest BCUT2D eigenvalue weighted by Crippen LogP contribution is 2.34. The molecule has 0 bridgehead atoms. The summed E-state index contributed by atoms with van der Waals surface area (Å²) in [6, 6.07) is 0. The number of carboxylic acids is 1. The van der Waals surface area contributed by atoms with Gasteiger partial charge in [-0.2, -0.15) is 0 Å². The molecular weight excluding hydrogens is 232 g/mol. The van der Waals surface area contributed by atoms with E-state index < -0.39 is 5.97 Å². The lowest BCUT2D eigenvalue weighted by Crippen LogP contribution is -2.03. The van der Waals surface area contributed by atoms with Gasteiger partial charge in [0.15, 0.2) is 0 Å². The third kappa shape index (κ3) is 2.53. The highest BCUT2D eigenvalue weighted by Gasteiger charge is 2.30. The molecule has 0 saturated carbocycles. The van der Waals surface area contributed by atoms with Crippen LogP contribution in [-0.4, -0.2) is 33.6 Å². The van der Waals surface area contributed by atoms with Crippen molar-refractivity contribution in [3.63, 3.8) is 0 Å². The summed E-state index contributed by atoms with van der Waals surface area (Å²) in [6.45, 7) is 2.76. The van der Waals surface area contributed by atoms with Gasteiger partial charge in [-0.25, -0.2) is 0 Å². The molecule has 1 aliphatic rings. The highest BCUT2D eigenvalue weighted by atomic mass is 32.2. The van der Waals surface area contributed by atoms with Crippen molar-refractivity contribution in [2.75, 3.05) is 12.4 Å². The third-order valence-electron chi connectivity index (χ3n) is 2.37. The summed E-state index contributed by atoms with van der Waals surface area (Å²) >= 11 is 1.01. The van der Waals surface area contributed by atoms with E-state index >= 15 is 0 Å². The maximum atomic E-state index is 10.4. The fourth-order valence-electron chi connectivity index (χ4n) is 1.53. The first-order chi connectivity index (χ1) is 7.66. The summed E-state index contributed by atoms with van der Waals surface area (Å²) in [4.78, 5) is 10.4. The zero-order valence-corrected chi connectivity index (χ0v) is 9.57. The zero-order valence-electron chi connectivity index (χ0n) is 8.75. The molecule has 88 valence electrons. The van der Waals surface area contributed by atoms with Crippen LogP contribution < -0.4 is 0 Å². The van der Waals surface area contributed by atoms with Crippen LogP contribution in [0.15, 0.2) is 9.64 Å². The fraction of sp³-hybridized carbons (Fsp3) is 0.667. The van der Waals surface area contributed by atoms with Crippen molar-refractivity contribution in [1.29, 1.82) is 0 Å². The molecule has 2 heterocycles. The summed E-state index contributed by atoms with van der Waals surface area (Å²) in [6.07, 6.45) is 0.830. The molecule has 1 N–H and O–H groups in total. The van der Waals surface area contributed by atoms with Crippen molar-refractivity contribution >= 4 is 17.7 Å². The highest BCUT2D eigenvalue weighted by molar-refractivity contribution is 7.99. The number of carboxylic acid groups (broad SMARTS) is 1. The van der Waals surface area contributed by atoms with Gasteiger partial charge in [0, 0.05) is 6.61 Å². The molecule has 1 saturated heterocycles. The van der Waals surface area contributed by atoms with Gasteiger partial charge < -0.3 is 14.3 Å². The molecule has 1 aromatic heterocycles. The van der Waals surface area contributed by atoms with Crippen molar-refractivity contribution in [1.82, 2.24) is 10.2 Å². The second-order valence-corrected chi connectivity index (χ2v) is 4.57. The zero-order chi connectivity index (χ0) is 11.5. The Morgan fingerprint density at radius 3 is 3.06 bits per heavy atom. The molecule has 16 heavy (non-hydrogen) atoms. The van der Waals surface area contributed by atoms with Crippen LogP contribution in [0, 0.1) is 5.92 Å². The molecule has 1 aromatic rings. The number of aliphatic carboxylic acids is 1. The quantitative estimate of drug-likeness (QED) is 0.800. The smallest absolute Gasteiger partial charge is 0.314 e. The first-order valence-electron chi connectivity index (χ1n) is 4.96. The van der Waals surface area contributed by atoms with E-state index in [4.69, 9.17) is 14.3 Å². The van der Waals surface area contributed by atoms with Crippen LogP contribution in [-0.2, 0) is 9.53 Å². The van der Waals surface area contributed by atoms with Crippen molar-refractivity contribution in [3.8, 4) is 0 Å². The van der Waals surface area contributed by atoms with Gasteiger partial charge in [-0.1, -0.05) is 18.7 Å². The van der Waals surface area contributed by atoms with Crippen molar-refractivity contribution in [3.05, 3.63) is 5.89 Å². The average molecular weight is 244 g/mol. The van der Waals surface area contributed by atoms with E-state index in [1.54, 1.807) is 0 Å². The maximum absolute atomic E-state index is 10.4. The first-order valence-corrected chi connectivity index (χ1v) is 5.95. The van der Waals surface area contributed by atoms with E-state index in [0.29, 0.717) is 18.4 Å². The van der Waals surface area contributed by atoms with Crippen LogP contribution in [0.25, 0.3) is 0 Å². The Hall–Kier alpha value is -1.08. The van der Waals surface area contributed by atoms with Crippen LogP contribution in [0.1, 0.15) is 25.3 Å². The van der Waals surface area contributed by atoms with Gasteiger partial charge in [0.05, 0.1) is 0 Å². The second-order valence-electron chi connectivity index (χ2n) is 3.65. The molecule has 2 atom stereocenters. The largest absolute Gasteiger partial charge is 0.481 e. The topological polar surface area (TPSA) is 85.5 Å². The molecule has 0 radical (unpaired) electrons. The van der Waals surface area contributed by atoms with Crippen molar-refractivity contribution in [2.24, 2.45) is 5.92 Å². The number of thioether (sulfide) groups is 1. The van der Waals surface area contributed by atoms with E-state index in [1.165, 1.54) is 0 Å². The molecule has 7 heteroatoms. The minimum atomic E-state index is -0.907. The van der Waals surface area contributed by atoms with Crippen LogP contribution in [0.3, 0.4) is 0 Å². The van der Waals surface area contributed by atoms with Gasteiger partial charge in [-0.15, -0.1) is 10.2 Å². The SMILES string of the molecule is CC1CCOC1c1nnc(SCC(=O)O)o1. The van der Waals surface area contributed by atoms with E-state index in [9.17, 15) is 4.79 Å². The Kier molecular flexibility index (Phi) is 3.45. The molecule has 6 nitrogen and oxygen atoms in total. The molecule has 2 rings (SSSR count). The lowest BCUT2D eigenvalue weighted by molar-refractivity contribution is -0.133. The van der Waals surface area contributed by atoms with Crippen LogP contribution in [0.5, 0.6) is 0 Å². The number of hydrogen-bond donors (Lipinski definition) is 1. The second kappa shape index (κ2) is 4.84. The predicted octanol–water partition coefficient (Wildman–Crippen LogP) is 1.34. The fourth-order valence-corrected chi connectivity index (χ4v) is 2.02. The molecule has 0 amide bonds. The lowest BCUT2D eigenvalue weighted by atomic mass is 10.0. The number of nitrogens with zero attached hydrogens (tertiary/aromatic N) is 2. The van der Waals surface area contributed by atoms with E-state index in [2.05, 4.69) is 17.1 Å². The average Bonchev–Trinajstić information content (AvgIpc) is 2.83. The molecule has 0 aliphatic carbocycles. The first kappa shape index (κ1) is 11.4. The van der Waals surface area contributed by atoms with Gasteiger partial charge in [0.1, 0.15) is 11.9 Å². The van der Waals surface area contributed by atoms with Gasteiger partial charge in [-0.3, -0.25) is 4.79 Å². The summed E-state index contributed by atoms with van der Waals surface area (Å²) in [5, 5.41) is 16.4. The van der Waals surface area contributed by atoms with Crippen molar-refractivity contribution < 1.29 is 19.1 Å². The lowest BCUT2D eigenvalue weighted by Gasteiger charge is -2.08. The van der Waals surface area contributed by atoms with Gasteiger partial charge >= 0.3 is 5.97 Å². The van der Waals surface area contributed by atoms with Crippen LogP contribution >= 0.6 is 11.8 Å². The van der Waals surface area contributed by atoms with Crippen LogP contribution in [0.4, 0.5) is 0 Å². The molecule has 0 spiro atoms. The molecule has 1 aliphatic heterocycles. The van der Waals surface area contributed by atoms with Gasteiger partial charge in [-0.05, 0) is 12.3 Å². The van der Waals surface area contributed by atoms with Gasteiger partial charge in [0.2, 0.25) is 5.89 Å². The predicted molar refractivity (Wildman–Crippen MR) is 55.1 cm³/mol. The minimum absolute atomic E-state index is 0.0806. The number of rotatable bonds is 4. The van der Waals surface area contributed by atoms with E-state index in [1.807, 2.05) is 0 Å². The Balaban J connectivity index is 1.99. The number of aromatic nitrogens is 2. The number of hydrogen-bond acceptors (Lipinski definition) is 6. The van der Waals surface area contributed by atoms with Crippen molar-refractivity contribution in [2.45, 2.75) is 24.7 Å². The molecule has 2 unspecified atom stereocenters. The third-order valence-corrected chi connectivity index (χ3v) is 3.18. The summed E-state index contributed by atoms with van der Waals surface area (Å²) in [5.41, 5.74) is 0.